The fraction of sp³-hybridized carbons (Fsp3) is 0.389. The highest BCUT2D eigenvalue weighted by Crippen LogP contribution is 2.51. The van der Waals surface area contributed by atoms with E-state index in [1.807, 2.05) is 0 Å². The molecule has 5 aliphatic carbocycles. The molecule has 0 radical (unpaired) electrons. The summed E-state index contributed by atoms with van der Waals surface area (Å²) in [6.45, 7) is 0. The largest absolute Gasteiger partial charge is 0.344 e. The second-order valence-corrected chi connectivity index (χ2v) is 13.2. The Labute approximate surface area is 231 Å². The number of hydrogen-bond donors (Lipinski definition) is 0. The lowest BCUT2D eigenvalue weighted by atomic mass is 9.85. The minimum atomic E-state index is 0.615. The predicted molar refractivity (Wildman–Crippen MR) is 163 cm³/mol. The van der Waals surface area contributed by atoms with E-state index in [-0.39, 0.29) is 0 Å². The monoisotopic (exact) mass is 515 g/mol. The van der Waals surface area contributed by atoms with Crippen LogP contribution in [0.25, 0.3) is 17.7 Å². The highest BCUT2D eigenvalue weighted by molar-refractivity contribution is 8.00. The molecule has 0 amide bonds. The molecule has 1 aromatic carbocycles. The van der Waals surface area contributed by atoms with Crippen LogP contribution in [0.15, 0.2) is 76.8 Å². The van der Waals surface area contributed by atoms with Gasteiger partial charge < -0.3 is 4.57 Å². The van der Waals surface area contributed by atoms with E-state index >= 15 is 0 Å². The van der Waals surface area contributed by atoms with Gasteiger partial charge in [0, 0.05) is 44.6 Å². The van der Waals surface area contributed by atoms with Crippen LogP contribution in [0.3, 0.4) is 0 Å². The first-order valence-corrected chi connectivity index (χ1v) is 15.9. The molecule has 38 heavy (non-hydrogen) atoms. The van der Waals surface area contributed by atoms with Crippen LogP contribution in [0.4, 0.5) is 0 Å². The molecule has 1 aliphatic heterocycles. The molecule has 3 atom stereocenters. The topological polar surface area (TPSA) is 4.93 Å². The Morgan fingerprint density at radius 3 is 2.63 bits per heavy atom. The first kappa shape index (κ1) is 23.2. The molecule has 3 unspecified atom stereocenters. The zero-order valence-corrected chi connectivity index (χ0v) is 23.1. The van der Waals surface area contributed by atoms with E-state index in [0.717, 1.165) is 11.7 Å². The molecule has 2 aromatic rings. The van der Waals surface area contributed by atoms with E-state index in [9.17, 15) is 0 Å². The minimum absolute atomic E-state index is 0.615. The summed E-state index contributed by atoms with van der Waals surface area (Å²) < 4.78 is 2.82. The quantitative estimate of drug-likeness (QED) is 0.368. The summed E-state index contributed by atoms with van der Waals surface area (Å²) >= 11 is 2.12. The SMILES string of the molecule is C1=CCCC(C2=CCC(n3c4c(c5c3CCC(c3ccc6c(c3)C3C=CCCC3S6)=C5)C=CCC4)CC2)=C1. The Kier molecular flexibility index (Phi) is 5.79. The molecular weight excluding hydrogens is 478 g/mol. The van der Waals surface area contributed by atoms with E-state index in [1.165, 1.54) is 91.4 Å². The van der Waals surface area contributed by atoms with Gasteiger partial charge in [-0.25, -0.2) is 0 Å². The van der Waals surface area contributed by atoms with Gasteiger partial charge >= 0.3 is 0 Å². The van der Waals surface area contributed by atoms with Gasteiger partial charge in [-0.05, 0) is 117 Å². The first-order valence-electron chi connectivity index (χ1n) is 15.0. The molecular formula is C36H37NS. The van der Waals surface area contributed by atoms with Crippen LogP contribution in [-0.2, 0) is 12.8 Å². The van der Waals surface area contributed by atoms with Crippen molar-refractivity contribution in [3.8, 4) is 0 Å². The van der Waals surface area contributed by atoms with Gasteiger partial charge in [-0.1, -0.05) is 54.7 Å². The summed E-state index contributed by atoms with van der Waals surface area (Å²) in [6.07, 6.45) is 35.2. The van der Waals surface area contributed by atoms with Crippen LogP contribution in [0.1, 0.15) is 103 Å². The van der Waals surface area contributed by atoms with Crippen molar-refractivity contribution in [2.75, 3.05) is 0 Å². The van der Waals surface area contributed by atoms with E-state index in [4.69, 9.17) is 0 Å². The van der Waals surface area contributed by atoms with Crippen molar-refractivity contribution in [1.82, 2.24) is 4.57 Å². The summed E-state index contributed by atoms with van der Waals surface area (Å²) in [4.78, 5) is 1.52. The first-order chi connectivity index (χ1) is 18.8. The average molecular weight is 516 g/mol. The maximum absolute atomic E-state index is 2.82. The summed E-state index contributed by atoms with van der Waals surface area (Å²) in [5.41, 5.74) is 14.0. The zero-order valence-electron chi connectivity index (χ0n) is 22.3. The molecule has 0 bridgehead atoms. The normalized spacial score (nSPS) is 27.2. The van der Waals surface area contributed by atoms with Crippen LogP contribution in [-0.4, -0.2) is 9.82 Å². The number of rotatable bonds is 3. The summed E-state index contributed by atoms with van der Waals surface area (Å²) in [6, 6.07) is 7.99. The number of fused-ring (bicyclic) bond motifs is 6. The van der Waals surface area contributed by atoms with E-state index in [2.05, 4.69) is 89.2 Å². The van der Waals surface area contributed by atoms with Gasteiger partial charge in [-0.3, -0.25) is 0 Å². The van der Waals surface area contributed by atoms with Crippen molar-refractivity contribution in [2.45, 2.75) is 92.7 Å². The highest BCUT2D eigenvalue weighted by atomic mass is 32.2. The number of allylic oxidation sites excluding steroid dienone is 10. The van der Waals surface area contributed by atoms with Crippen molar-refractivity contribution in [2.24, 2.45) is 0 Å². The third kappa shape index (κ3) is 3.82. The van der Waals surface area contributed by atoms with Crippen molar-refractivity contribution in [3.63, 3.8) is 0 Å². The number of benzene rings is 1. The van der Waals surface area contributed by atoms with Gasteiger partial charge in [0.2, 0.25) is 0 Å². The molecule has 1 nitrogen and oxygen atoms in total. The molecule has 1 aromatic heterocycles. The van der Waals surface area contributed by atoms with Gasteiger partial charge in [-0.2, -0.15) is 0 Å². The summed E-state index contributed by atoms with van der Waals surface area (Å²) in [5.74, 6) is 0.616. The smallest absolute Gasteiger partial charge is 0.0374 e. The molecule has 0 saturated heterocycles. The third-order valence-electron chi connectivity index (χ3n) is 9.83. The maximum atomic E-state index is 2.82. The van der Waals surface area contributed by atoms with Crippen LogP contribution in [0.2, 0.25) is 0 Å². The Bertz CT molecular complexity index is 1490. The molecule has 6 aliphatic rings. The van der Waals surface area contributed by atoms with Crippen molar-refractivity contribution >= 4 is 29.5 Å². The van der Waals surface area contributed by atoms with E-state index in [1.54, 1.807) is 28.1 Å². The fourth-order valence-electron chi connectivity index (χ4n) is 7.92. The van der Waals surface area contributed by atoms with Gasteiger partial charge in [0.1, 0.15) is 0 Å². The molecule has 192 valence electrons. The van der Waals surface area contributed by atoms with Crippen LogP contribution >= 0.6 is 11.8 Å². The third-order valence-corrected chi connectivity index (χ3v) is 11.3. The average Bonchev–Trinajstić information content (AvgIpc) is 3.53. The molecule has 0 saturated carbocycles. The lowest BCUT2D eigenvalue weighted by molar-refractivity contribution is 0.429. The highest BCUT2D eigenvalue weighted by Gasteiger charge is 2.34. The number of hydrogen-bond acceptors (Lipinski definition) is 1. The molecule has 2 heteroatoms. The van der Waals surface area contributed by atoms with Gasteiger partial charge in [0.05, 0.1) is 0 Å². The molecule has 2 heterocycles. The Morgan fingerprint density at radius 2 is 1.74 bits per heavy atom. The number of nitrogens with zero attached hydrogens (tertiary/aromatic N) is 1. The van der Waals surface area contributed by atoms with Crippen LogP contribution < -0.4 is 0 Å². The Balaban J connectivity index is 1.14. The second-order valence-electron chi connectivity index (χ2n) is 12.0. The second kappa shape index (κ2) is 9.49. The van der Waals surface area contributed by atoms with E-state index in [0.29, 0.717) is 12.0 Å². The fourth-order valence-corrected chi connectivity index (χ4v) is 9.36. The summed E-state index contributed by atoms with van der Waals surface area (Å²) in [5, 5.41) is 0.749. The van der Waals surface area contributed by atoms with Crippen molar-refractivity contribution < 1.29 is 0 Å². The molecule has 0 fully saturated rings. The van der Waals surface area contributed by atoms with Gasteiger partial charge in [-0.15, -0.1) is 11.8 Å². The van der Waals surface area contributed by atoms with Crippen molar-refractivity contribution in [1.29, 1.82) is 0 Å². The standard InChI is InChI=1S/C36H37NS/c1-2-8-24(9-3-1)25-14-18-28(19-15-25)37-33-12-6-4-10-29(33)31-22-26(16-20-34(31)37)27-17-21-36-32(23-27)30-11-5-7-13-35(30)38-36/h1-2,4-5,8,10-11,14,17,21-23,28,30,35H,3,6-7,9,12-13,15-16,18-20H2. The zero-order chi connectivity index (χ0) is 25.1. The van der Waals surface area contributed by atoms with Crippen LogP contribution in [0.5, 0.6) is 0 Å². The van der Waals surface area contributed by atoms with Crippen molar-refractivity contribution in [3.05, 3.63) is 106 Å². The lowest BCUT2D eigenvalue weighted by Crippen LogP contribution is -2.19. The lowest BCUT2D eigenvalue weighted by Gasteiger charge is -2.30. The summed E-state index contributed by atoms with van der Waals surface area (Å²) in [7, 11) is 0. The van der Waals surface area contributed by atoms with Gasteiger partial charge in [0.15, 0.2) is 0 Å². The molecule has 8 rings (SSSR count). The van der Waals surface area contributed by atoms with E-state index < -0.39 is 0 Å². The van der Waals surface area contributed by atoms with Gasteiger partial charge in [0.25, 0.3) is 0 Å². The van der Waals surface area contributed by atoms with Crippen LogP contribution in [0, 0.1) is 0 Å². The predicted octanol–water partition coefficient (Wildman–Crippen LogP) is 9.77. The maximum Gasteiger partial charge on any atom is 0.0374 e. The molecule has 0 N–H and O–H groups in total. The number of thioether (sulfide) groups is 1. The Morgan fingerprint density at radius 1 is 0.789 bits per heavy atom. The minimum Gasteiger partial charge on any atom is -0.344 e. The Hall–Kier alpha value is -2.71. The molecule has 0 spiro atoms. The number of aromatic nitrogens is 1.